The largest absolute Gasteiger partial charge is 0.508 e. The fourth-order valence-corrected chi connectivity index (χ4v) is 4.24. The number of ether oxygens (including phenoxy) is 1. The molecule has 1 fully saturated rings. The van der Waals surface area contributed by atoms with Crippen LogP contribution in [0.15, 0.2) is 12.1 Å². The predicted molar refractivity (Wildman–Crippen MR) is 81.3 cm³/mol. The molecule has 1 saturated carbocycles. The van der Waals surface area contributed by atoms with E-state index in [0.717, 1.165) is 29.2 Å². The maximum Gasteiger partial charge on any atom is 0.127 e. The summed E-state index contributed by atoms with van der Waals surface area (Å²) in [6.07, 6.45) is 2.34. The summed E-state index contributed by atoms with van der Waals surface area (Å²) in [6, 6.07) is 3.95. The lowest BCUT2D eigenvalue weighted by Gasteiger charge is -2.50. The first-order valence-electron chi connectivity index (χ1n) is 7.82. The number of phenolic OH excluding ortho intramolecular Hbond substituents is 1. The van der Waals surface area contributed by atoms with Crippen molar-refractivity contribution in [3.05, 3.63) is 23.3 Å². The Hall–Kier alpha value is -1.18. The first-order chi connectivity index (χ1) is 9.29. The van der Waals surface area contributed by atoms with Crippen molar-refractivity contribution in [2.24, 2.45) is 17.8 Å². The average Bonchev–Trinajstić information content (AvgIpc) is 2.30. The predicted octanol–water partition coefficient (Wildman–Crippen LogP) is 4.64. The second kappa shape index (κ2) is 4.41. The van der Waals surface area contributed by atoms with Crippen LogP contribution >= 0.6 is 0 Å². The normalized spacial score (nSPS) is 34.9. The van der Waals surface area contributed by atoms with Crippen LogP contribution in [-0.2, 0) is 0 Å². The molecular weight excluding hydrogens is 248 g/mol. The van der Waals surface area contributed by atoms with E-state index in [2.05, 4.69) is 33.8 Å². The molecule has 2 nitrogen and oxygen atoms in total. The highest BCUT2D eigenvalue weighted by Gasteiger charge is 2.48. The molecule has 0 radical (unpaired) electrons. The Morgan fingerprint density at radius 2 is 1.80 bits per heavy atom. The highest BCUT2D eigenvalue weighted by atomic mass is 16.5. The molecule has 2 heteroatoms. The van der Waals surface area contributed by atoms with Crippen LogP contribution in [0.1, 0.15) is 57.6 Å². The zero-order valence-electron chi connectivity index (χ0n) is 13.2. The van der Waals surface area contributed by atoms with Gasteiger partial charge in [-0.3, -0.25) is 0 Å². The Balaban J connectivity index is 2.12. The van der Waals surface area contributed by atoms with Crippen molar-refractivity contribution in [2.45, 2.75) is 59.0 Å². The van der Waals surface area contributed by atoms with Crippen LogP contribution in [0.25, 0.3) is 0 Å². The number of aryl methyl sites for hydroxylation is 1. The van der Waals surface area contributed by atoms with E-state index in [-0.39, 0.29) is 5.60 Å². The molecule has 110 valence electrons. The van der Waals surface area contributed by atoms with E-state index < -0.39 is 0 Å². The van der Waals surface area contributed by atoms with E-state index >= 15 is 0 Å². The maximum atomic E-state index is 10.4. The van der Waals surface area contributed by atoms with Gasteiger partial charge in [0.05, 0.1) is 0 Å². The first-order valence-corrected chi connectivity index (χ1v) is 7.82. The number of benzene rings is 1. The van der Waals surface area contributed by atoms with Crippen LogP contribution in [0.2, 0.25) is 0 Å². The SMILES string of the molecule is Cc1cc(O)c2c(c1)OC(C)(C)C1CC(C)C(C)CC21. The molecule has 2 aliphatic rings. The number of phenols is 1. The fraction of sp³-hybridized carbons (Fsp3) is 0.667. The summed E-state index contributed by atoms with van der Waals surface area (Å²) >= 11 is 0. The zero-order valence-corrected chi connectivity index (χ0v) is 13.2. The van der Waals surface area contributed by atoms with Crippen LogP contribution in [0.3, 0.4) is 0 Å². The molecule has 4 atom stereocenters. The topological polar surface area (TPSA) is 29.5 Å². The molecule has 0 saturated heterocycles. The van der Waals surface area contributed by atoms with Gasteiger partial charge in [0.25, 0.3) is 0 Å². The van der Waals surface area contributed by atoms with Crippen molar-refractivity contribution in [3.8, 4) is 11.5 Å². The lowest BCUT2D eigenvalue weighted by atomic mass is 9.61. The smallest absolute Gasteiger partial charge is 0.127 e. The third kappa shape index (κ3) is 2.01. The Morgan fingerprint density at radius 1 is 1.15 bits per heavy atom. The van der Waals surface area contributed by atoms with Gasteiger partial charge in [0, 0.05) is 11.5 Å². The molecule has 0 spiro atoms. The van der Waals surface area contributed by atoms with Crippen molar-refractivity contribution in [1.82, 2.24) is 0 Å². The van der Waals surface area contributed by atoms with E-state index in [4.69, 9.17) is 4.74 Å². The van der Waals surface area contributed by atoms with Crippen LogP contribution in [0, 0.1) is 24.7 Å². The molecule has 4 unspecified atom stereocenters. The third-order valence-corrected chi connectivity index (χ3v) is 5.61. The molecule has 0 amide bonds. The summed E-state index contributed by atoms with van der Waals surface area (Å²) < 4.78 is 6.27. The van der Waals surface area contributed by atoms with Crippen molar-refractivity contribution < 1.29 is 9.84 Å². The van der Waals surface area contributed by atoms with Gasteiger partial charge in [-0.25, -0.2) is 0 Å². The van der Waals surface area contributed by atoms with Crippen molar-refractivity contribution >= 4 is 0 Å². The van der Waals surface area contributed by atoms with Crippen LogP contribution in [0.4, 0.5) is 0 Å². The molecular formula is C18H26O2. The number of hydrogen-bond donors (Lipinski definition) is 1. The monoisotopic (exact) mass is 274 g/mol. The van der Waals surface area contributed by atoms with Gasteiger partial charge in [0.1, 0.15) is 17.1 Å². The van der Waals surface area contributed by atoms with E-state index in [9.17, 15) is 5.11 Å². The zero-order chi connectivity index (χ0) is 14.7. The number of fused-ring (bicyclic) bond motifs is 3. The van der Waals surface area contributed by atoms with E-state index in [1.165, 1.54) is 6.42 Å². The molecule has 1 aromatic rings. The van der Waals surface area contributed by atoms with Crippen molar-refractivity contribution in [3.63, 3.8) is 0 Å². The Labute approximate surface area is 122 Å². The van der Waals surface area contributed by atoms with Crippen LogP contribution in [-0.4, -0.2) is 10.7 Å². The molecule has 1 heterocycles. The maximum absolute atomic E-state index is 10.4. The quantitative estimate of drug-likeness (QED) is 0.747. The van der Waals surface area contributed by atoms with Gasteiger partial charge in [0.2, 0.25) is 0 Å². The van der Waals surface area contributed by atoms with Crippen LogP contribution in [0.5, 0.6) is 11.5 Å². The number of hydrogen-bond acceptors (Lipinski definition) is 2. The van der Waals surface area contributed by atoms with Gasteiger partial charge in [0.15, 0.2) is 0 Å². The number of rotatable bonds is 0. The van der Waals surface area contributed by atoms with Gasteiger partial charge in [-0.2, -0.15) is 0 Å². The summed E-state index contributed by atoms with van der Waals surface area (Å²) in [6.45, 7) is 11.1. The molecule has 20 heavy (non-hydrogen) atoms. The lowest BCUT2D eigenvalue weighted by Crippen LogP contribution is -2.48. The minimum atomic E-state index is -0.147. The molecule has 3 rings (SSSR count). The Morgan fingerprint density at radius 3 is 2.50 bits per heavy atom. The van der Waals surface area contributed by atoms with E-state index in [1.54, 1.807) is 0 Å². The molecule has 1 N–H and O–H groups in total. The average molecular weight is 274 g/mol. The van der Waals surface area contributed by atoms with Gasteiger partial charge in [-0.15, -0.1) is 0 Å². The Bertz CT molecular complexity index is 532. The highest BCUT2D eigenvalue weighted by Crippen LogP contribution is 2.56. The summed E-state index contributed by atoms with van der Waals surface area (Å²) in [5.74, 6) is 3.69. The summed E-state index contributed by atoms with van der Waals surface area (Å²) in [5.41, 5.74) is 1.97. The summed E-state index contributed by atoms with van der Waals surface area (Å²) in [5, 5.41) is 10.4. The van der Waals surface area contributed by atoms with Crippen molar-refractivity contribution in [1.29, 1.82) is 0 Å². The highest BCUT2D eigenvalue weighted by molar-refractivity contribution is 5.51. The molecule has 1 aliphatic heterocycles. The van der Waals surface area contributed by atoms with E-state index in [1.807, 2.05) is 13.0 Å². The molecule has 0 aromatic heterocycles. The van der Waals surface area contributed by atoms with E-state index in [0.29, 0.717) is 23.5 Å². The molecule has 1 aromatic carbocycles. The summed E-state index contributed by atoms with van der Waals surface area (Å²) in [7, 11) is 0. The second-order valence-electron chi connectivity index (χ2n) is 7.54. The lowest BCUT2D eigenvalue weighted by molar-refractivity contribution is -0.0280. The fourth-order valence-electron chi connectivity index (χ4n) is 4.24. The van der Waals surface area contributed by atoms with Gasteiger partial charge in [-0.05, 0) is 69.1 Å². The minimum absolute atomic E-state index is 0.147. The third-order valence-electron chi connectivity index (χ3n) is 5.61. The molecule has 1 aliphatic carbocycles. The van der Waals surface area contributed by atoms with Crippen LogP contribution < -0.4 is 4.74 Å². The van der Waals surface area contributed by atoms with Crippen molar-refractivity contribution in [2.75, 3.05) is 0 Å². The Kier molecular flexibility index (Phi) is 3.04. The van der Waals surface area contributed by atoms with Gasteiger partial charge >= 0.3 is 0 Å². The minimum Gasteiger partial charge on any atom is -0.508 e. The first kappa shape index (κ1) is 13.8. The van der Waals surface area contributed by atoms with Gasteiger partial charge in [-0.1, -0.05) is 13.8 Å². The summed E-state index contributed by atoms with van der Waals surface area (Å²) in [4.78, 5) is 0. The standard InChI is InChI=1S/C18H26O2/c1-10-6-15(19)17-13-8-11(2)12(3)9-14(13)18(4,5)20-16(17)7-10/h6-7,11-14,19H,8-9H2,1-5H3. The molecule has 0 bridgehead atoms. The number of aromatic hydroxyl groups is 1. The van der Waals surface area contributed by atoms with Gasteiger partial charge < -0.3 is 9.84 Å². The second-order valence-corrected chi connectivity index (χ2v) is 7.54.